The number of methoxy groups -OCH3 is 1. The van der Waals surface area contributed by atoms with E-state index in [1.54, 1.807) is 7.11 Å². The number of anilines is 1. The molecule has 4 nitrogen and oxygen atoms in total. The molecule has 4 rings (SSSR count). The van der Waals surface area contributed by atoms with Crippen LogP contribution in [0.4, 0.5) is 11.4 Å². The van der Waals surface area contributed by atoms with Crippen LogP contribution in [-0.4, -0.2) is 24.9 Å². The molecular formula is C29H32N2O2. The highest BCUT2D eigenvalue weighted by Crippen LogP contribution is 2.40. The van der Waals surface area contributed by atoms with E-state index in [2.05, 4.69) is 68.8 Å². The number of allylic oxidation sites excluding steroid dienone is 1. The minimum absolute atomic E-state index is 0.00348. The van der Waals surface area contributed by atoms with E-state index >= 15 is 0 Å². The number of benzene rings is 3. The van der Waals surface area contributed by atoms with Crippen molar-refractivity contribution in [2.24, 2.45) is 4.99 Å². The van der Waals surface area contributed by atoms with Gasteiger partial charge in [-0.1, -0.05) is 12.1 Å². The second-order valence-electron chi connectivity index (χ2n) is 9.25. The van der Waals surface area contributed by atoms with Crippen LogP contribution in [0.25, 0.3) is 5.57 Å². The Bertz CT molecular complexity index is 1170. The molecule has 0 aliphatic carbocycles. The lowest BCUT2D eigenvalue weighted by atomic mass is 9.87. The second-order valence-corrected chi connectivity index (χ2v) is 9.25. The first-order valence-corrected chi connectivity index (χ1v) is 11.4. The van der Waals surface area contributed by atoms with Crippen molar-refractivity contribution >= 4 is 23.2 Å². The van der Waals surface area contributed by atoms with Crippen LogP contribution in [0.5, 0.6) is 17.2 Å². The van der Waals surface area contributed by atoms with Crippen LogP contribution >= 0.6 is 0 Å². The lowest BCUT2D eigenvalue weighted by molar-refractivity contribution is 0.413. The van der Waals surface area contributed by atoms with Crippen LogP contribution in [0.15, 0.2) is 77.8 Å². The summed E-state index contributed by atoms with van der Waals surface area (Å²) in [4.78, 5) is 7.16. The van der Waals surface area contributed by atoms with Gasteiger partial charge in [-0.15, -0.1) is 0 Å². The fourth-order valence-corrected chi connectivity index (χ4v) is 4.62. The molecule has 0 spiro atoms. The first-order valence-electron chi connectivity index (χ1n) is 11.4. The Balaban J connectivity index is 1.50. The largest absolute Gasteiger partial charge is 0.497 e. The lowest BCUT2D eigenvalue weighted by Gasteiger charge is -2.46. The molecular weight excluding hydrogens is 408 g/mol. The maximum absolute atomic E-state index is 5.90. The summed E-state index contributed by atoms with van der Waals surface area (Å²) in [6.45, 7) is 11.2. The minimum Gasteiger partial charge on any atom is -0.497 e. The van der Waals surface area contributed by atoms with Gasteiger partial charge in [0, 0.05) is 23.5 Å². The van der Waals surface area contributed by atoms with Crippen LogP contribution in [0.1, 0.15) is 45.7 Å². The van der Waals surface area contributed by atoms with Crippen molar-refractivity contribution in [3.05, 3.63) is 83.9 Å². The molecule has 33 heavy (non-hydrogen) atoms. The lowest BCUT2D eigenvalue weighted by Crippen LogP contribution is -2.49. The Hall–Kier alpha value is -3.53. The van der Waals surface area contributed by atoms with Gasteiger partial charge in [0.2, 0.25) is 0 Å². The van der Waals surface area contributed by atoms with E-state index in [0.29, 0.717) is 6.04 Å². The van der Waals surface area contributed by atoms with E-state index in [4.69, 9.17) is 9.47 Å². The fraction of sp³-hybridized carbons (Fsp3) is 0.276. The molecule has 0 radical (unpaired) electrons. The SMILES string of the molecule is COc1ccc(Oc2ccc(N=Cc3ccc4c(c3)C(C)=CC(C)(C)N4C(C)C)cc2)cc1. The van der Waals surface area contributed by atoms with E-state index in [-0.39, 0.29) is 5.54 Å². The highest BCUT2D eigenvalue weighted by atomic mass is 16.5. The van der Waals surface area contributed by atoms with Gasteiger partial charge in [0.1, 0.15) is 17.2 Å². The molecule has 4 heteroatoms. The summed E-state index contributed by atoms with van der Waals surface area (Å²) in [7, 11) is 1.65. The summed E-state index contributed by atoms with van der Waals surface area (Å²) >= 11 is 0. The Morgan fingerprint density at radius 1 is 0.879 bits per heavy atom. The molecule has 0 bridgehead atoms. The minimum atomic E-state index is -0.00348. The number of fused-ring (bicyclic) bond motifs is 1. The van der Waals surface area contributed by atoms with Crippen molar-refractivity contribution in [3.63, 3.8) is 0 Å². The van der Waals surface area contributed by atoms with Crippen LogP contribution in [-0.2, 0) is 0 Å². The average Bonchev–Trinajstić information content (AvgIpc) is 2.78. The average molecular weight is 441 g/mol. The molecule has 1 aliphatic rings. The van der Waals surface area contributed by atoms with Gasteiger partial charge in [-0.05, 0) is 106 Å². The zero-order chi connectivity index (χ0) is 23.6. The third-order valence-electron chi connectivity index (χ3n) is 5.91. The van der Waals surface area contributed by atoms with Crippen molar-refractivity contribution in [2.45, 2.75) is 46.2 Å². The van der Waals surface area contributed by atoms with E-state index in [1.807, 2.05) is 54.7 Å². The number of hydrogen-bond donors (Lipinski definition) is 0. The first kappa shape index (κ1) is 22.7. The molecule has 0 fully saturated rings. The van der Waals surface area contributed by atoms with Crippen molar-refractivity contribution in [3.8, 4) is 17.2 Å². The third kappa shape index (κ3) is 4.95. The van der Waals surface area contributed by atoms with E-state index in [9.17, 15) is 0 Å². The maximum Gasteiger partial charge on any atom is 0.127 e. The van der Waals surface area contributed by atoms with Crippen molar-refractivity contribution < 1.29 is 9.47 Å². The predicted molar refractivity (Wildman–Crippen MR) is 139 cm³/mol. The maximum atomic E-state index is 5.90. The third-order valence-corrected chi connectivity index (χ3v) is 5.91. The van der Waals surface area contributed by atoms with Gasteiger partial charge < -0.3 is 14.4 Å². The Morgan fingerprint density at radius 2 is 1.48 bits per heavy atom. The highest BCUT2D eigenvalue weighted by molar-refractivity contribution is 5.88. The van der Waals surface area contributed by atoms with Crippen molar-refractivity contribution in [1.82, 2.24) is 0 Å². The topological polar surface area (TPSA) is 34.1 Å². The fourth-order valence-electron chi connectivity index (χ4n) is 4.62. The molecule has 3 aromatic rings. The van der Waals surface area contributed by atoms with Crippen LogP contribution < -0.4 is 14.4 Å². The normalized spacial score (nSPS) is 14.9. The summed E-state index contributed by atoms with van der Waals surface area (Å²) < 4.78 is 11.1. The number of rotatable bonds is 6. The van der Waals surface area contributed by atoms with E-state index in [1.165, 1.54) is 16.8 Å². The van der Waals surface area contributed by atoms with Gasteiger partial charge in [0.15, 0.2) is 0 Å². The number of hydrogen-bond acceptors (Lipinski definition) is 4. The smallest absolute Gasteiger partial charge is 0.127 e. The summed E-state index contributed by atoms with van der Waals surface area (Å²) in [5.74, 6) is 2.34. The quantitative estimate of drug-likeness (QED) is 0.369. The van der Waals surface area contributed by atoms with Gasteiger partial charge in [-0.25, -0.2) is 0 Å². The zero-order valence-electron chi connectivity index (χ0n) is 20.3. The van der Waals surface area contributed by atoms with Crippen LogP contribution in [0.2, 0.25) is 0 Å². The number of ether oxygens (including phenoxy) is 2. The summed E-state index contributed by atoms with van der Waals surface area (Å²) in [6.07, 6.45) is 4.28. The molecule has 0 aromatic heterocycles. The number of aliphatic imine (C=N–C) groups is 1. The second kappa shape index (κ2) is 9.14. The van der Waals surface area contributed by atoms with E-state index < -0.39 is 0 Å². The van der Waals surface area contributed by atoms with E-state index in [0.717, 1.165) is 28.5 Å². The van der Waals surface area contributed by atoms with Gasteiger partial charge in [0.05, 0.1) is 18.3 Å². The molecule has 0 atom stereocenters. The van der Waals surface area contributed by atoms with Gasteiger partial charge in [0.25, 0.3) is 0 Å². The molecule has 0 N–H and O–H groups in total. The Kier molecular flexibility index (Phi) is 6.28. The molecule has 0 saturated carbocycles. The molecule has 0 unspecified atom stereocenters. The van der Waals surface area contributed by atoms with Gasteiger partial charge >= 0.3 is 0 Å². The Morgan fingerprint density at radius 3 is 2.09 bits per heavy atom. The molecule has 170 valence electrons. The Labute approximate surface area is 197 Å². The van der Waals surface area contributed by atoms with Crippen molar-refractivity contribution in [2.75, 3.05) is 12.0 Å². The molecule has 3 aromatic carbocycles. The van der Waals surface area contributed by atoms with Crippen molar-refractivity contribution in [1.29, 1.82) is 0 Å². The molecule has 1 heterocycles. The van der Waals surface area contributed by atoms with Crippen LogP contribution in [0.3, 0.4) is 0 Å². The summed E-state index contributed by atoms with van der Waals surface area (Å²) in [5.41, 5.74) is 5.83. The number of nitrogens with zero attached hydrogens (tertiary/aromatic N) is 2. The molecule has 1 aliphatic heterocycles. The van der Waals surface area contributed by atoms with Crippen LogP contribution in [0, 0.1) is 0 Å². The summed E-state index contributed by atoms with van der Waals surface area (Å²) in [5, 5.41) is 0. The monoisotopic (exact) mass is 440 g/mol. The first-order chi connectivity index (χ1) is 15.8. The molecule has 0 amide bonds. The predicted octanol–water partition coefficient (Wildman–Crippen LogP) is 7.65. The highest BCUT2D eigenvalue weighted by Gasteiger charge is 2.32. The van der Waals surface area contributed by atoms with Gasteiger partial charge in [-0.3, -0.25) is 4.99 Å². The molecule has 0 saturated heterocycles. The standard InChI is InChI=1S/C29H32N2O2/c1-20(2)31-28-16-7-22(17-27(28)21(3)18-29(31,4)5)19-30-23-8-10-25(11-9-23)33-26-14-12-24(32-6)13-15-26/h7-20H,1-6H3. The zero-order valence-corrected chi connectivity index (χ0v) is 20.3. The van der Waals surface area contributed by atoms with Gasteiger partial charge in [-0.2, -0.15) is 0 Å². The summed E-state index contributed by atoms with van der Waals surface area (Å²) in [6, 6.07) is 22.3.